The zero-order valence-electron chi connectivity index (χ0n) is 15.9. The lowest BCUT2D eigenvalue weighted by atomic mass is 9.89. The van der Waals surface area contributed by atoms with Crippen LogP contribution in [0.2, 0.25) is 0 Å². The number of hydrogen-bond acceptors (Lipinski definition) is 3. The van der Waals surface area contributed by atoms with Gasteiger partial charge in [0, 0.05) is 17.9 Å². The average molecular weight is 360 g/mol. The first-order valence-electron chi connectivity index (χ1n) is 9.46. The van der Waals surface area contributed by atoms with E-state index in [1.807, 2.05) is 44.4 Å². The van der Waals surface area contributed by atoms with Crippen molar-refractivity contribution in [3.8, 4) is 11.3 Å². The molecular formula is C21H25BN4O. The van der Waals surface area contributed by atoms with E-state index in [2.05, 4.69) is 46.8 Å². The van der Waals surface area contributed by atoms with Gasteiger partial charge in [-0.1, -0.05) is 66.7 Å². The summed E-state index contributed by atoms with van der Waals surface area (Å²) in [7, 11) is 2.04. The van der Waals surface area contributed by atoms with Gasteiger partial charge in [-0.2, -0.15) is 0 Å². The number of aromatic nitrogens is 3. The van der Waals surface area contributed by atoms with Gasteiger partial charge in [-0.15, -0.1) is 5.10 Å². The number of carbonyl (C=O) groups is 1. The smallest absolute Gasteiger partial charge is 0.221 e. The predicted molar refractivity (Wildman–Crippen MR) is 110 cm³/mol. The number of benzene rings is 2. The minimum absolute atomic E-state index is 0.0332. The molecule has 3 aromatic rings. The average Bonchev–Trinajstić information content (AvgIpc) is 3.16. The molecule has 3 rings (SSSR count). The van der Waals surface area contributed by atoms with E-state index in [9.17, 15) is 4.79 Å². The summed E-state index contributed by atoms with van der Waals surface area (Å²) in [6, 6.07) is 18.4. The summed E-state index contributed by atoms with van der Waals surface area (Å²) in [5, 5.41) is 11.4. The zero-order valence-corrected chi connectivity index (χ0v) is 15.9. The van der Waals surface area contributed by atoms with E-state index in [0.717, 1.165) is 24.1 Å². The minimum Gasteiger partial charge on any atom is -0.361 e. The monoisotopic (exact) mass is 360 g/mol. The van der Waals surface area contributed by atoms with Crippen molar-refractivity contribution < 1.29 is 4.79 Å². The third-order valence-electron chi connectivity index (χ3n) is 4.53. The fourth-order valence-electron chi connectivity index (χ4n) is 3.09. The molecule has 1 unspecified atom stereocenters. The predicted octanol–water partition coefficient (Wildman–Crippen LogP) is 2.22. The van der Waals surface area contributed by atoms with Crippen molar-refractivity contribution in [2.75, 3.05) is 0 Å². The van der Waals surface area contributed by atoms with Gasteiger partial charge in [0.05, 0.1) is 12.7 Å². The first kappa shape index (κ1) is 18.9. The van der Waals surface area contributed by atoms with E-state index < -0.39 is 0 Å². The van der Waals surface area contributed by atoms with Gasteiger partial charge in [0.15, 0.2) is 0 Å². The third kappa shape index (κ3) is 5.54. The molecule has 0 aliphatic heterocycles. The highest BCUT2D eigenvalue weighted by Gasteiger charge is 2.10. The Morgan fingerprint density at radius 1 is 1.15 bits per heavy atom. The molecule has 0 spiro atoms. The Morgan fingerprint density at radius 3 is 2.70 bits per heavy atom. The van der Waals surface area contributed by atoms with Gasteiger partial charge in [0.25, 0.3) is 0 Å². The molecule has 1 amide bonds. The summed E-state index contributed by atoms with van der Waals surface area (Å²) in [5.74, 6) is 0.131. The van der Waals surface area contributed by atoms with Crippen molar-refractivity contribution in [1.29, 1.82) is 0 Å². The summed E-state index contributed by atoms with van der Waals surface area (Å²) >= 11 is 0. The highest BCUT2D eigenvalue weighted by Crippen LogP contribution is 2.14. The number of nitrogens with one attached hydrogen (secondary N) is 1. The van der Waals surface area contributed by atoms with Crippen LogP contribution in [0.4, 0.5) is 0 Å². The van der Waals surface area contributed by atoms with E-state index in [-0.39, 0.29) is 11.8 Å². The van der Waals surface area contributed by atoms with Crippen LogP contribution in [-0.2, 0) is 24.2 Å². The van der Waals surface area contributed by atoms with Crippen LogP contribution in [0, 0.1) is 0 Å². The summed E-state index contributed by atoms with van der Waals surface area (Å²) in [6.45, 7) is 2.67. The molecule has 6 heteroatoms. The van der Waals surface area contributed by atoms with Crippen LogP contribution in [0.25, 0.3) is 11.3 Å². The Hall–Kier alpha value is -2.89. The first-order chi connectivity index (χ1) is 13.1. The molecule has 0 fully saturated rings. The Labute approximate surface area is 161 Å². The van der Waals surface area contributed by atoms with E-state index in [4.69, 9.17) is 0 Å². The zero-order chi connectivity index (χ0) is 19.1. The van der Waals surface area contributed by atoms with Crippen LogP contribution >= 0.6 is 0 Å². The molecule has 0 saturated carbocycles. The second-order valence-electron chi connectivity index (χ2n) is 6.83. The molecule has 138 valence electrons. The van der Waals surface area contributed by atoms with Crippen molar-refractivity contribution >= 4 is 13.8 Å². The Kier molecular flexibility index (Phi) is 6.42. The van der Waals surface area contributed by atoms with Crippen LogP contribution in [0.3, 0.4) is 0 Å². The van der Waals surface area contributed by atoms with E-state index in [1.54, 1.807) is 4.68 Å². The van der Waals surface area contributed by atoms with Crippen molar-refractivity contribution in [2.24, 2.45) is 0 Å². The molecule has 27 heavy (non-hydrogen) atoms. The normalized spacial score (nSPS) is 11.9. The van der Waals surface area contributed by atoms with Crippen molar-refractivity contribution in [3.05, 3.63) is 71.9 Å². The van der Waals surface area contributed by atoms with Gasteiger partial charge in [-0.3, -0.25) is 9.48 Å². The standard InChI is InChI=1S/C21H25BN4O/c1-2-16-7-6-8-17(13-16)14-20(22)23-21(27)11-12-26-15-19(24-25-26)18-9-4-3-5-10-18/h3-10,13,15,20H,2,11-12,14,22H2,1H3,(H,23,27). The Balaban J connectivity index is 1.47. The maximum Gasteiger partial charge on any atom is 0.221 e. The van der Waals surface area contributed by atoms with Crippen molar-refractivity contribution in [3.63, 3.8) is 0 Å². The maximum absolute atomic E-state index is 12.2. The van der Waals surface area contributed by atoms with Gasteiger partial charge in [0.1, 0.15) is 13.5 Å². The molecule has 0 radical (unpaired) electrons. The lowest BCUT2D eigenvalue weighted by Crippen LogP contribution is -2.37. The fraction of sp³-hybridized carbons (Fsp3) is 0.286. The molecule has 1 heterocycles. The van der Waals surface area contributed by atoms with Crippen molar-refractivity contribution in [2.45, 2.75) is 38.7 Å². The van der Waals surface area contributed by atoms with Crippen LogP contribution in [0.15, 0.2) is 60.8 Å². The quantitative estimate of drug-likeness (QED) is 0.627. The lowest BCUT2D eigenvalue weighted by Gasteiger charge is -2.14. The maximum atomic E-state index is 12.2. The van der Waals surface area contributed by atoms with Gasteiger partial charge in [-0.05, 0) is 24.0 Å². The van der Waals surface area contributed by atoms with E-state index in [0.29, 0.717) is 13.0 Å². The van der Waals surface area contributed by atoms with Crippen LogP contribution in [0.5, 0.6) is 0 Å². The van der Waals surface area contributed by atoms with Gasteiger partial charge >= 0.3 is 0 Å². The molecule has 1 atom stereocenters. The number of carbonyl (C=O) groups excluding carboxylic acids is 1. The summed E-state index contributed by atoms with van der Waals surface area (Å²) in [4.78, 5) is 12.2. The first-order valence-corrected chi connectivity index (χ1v) is 9.46. The molecule has 0 aliphatic carbocycles. The van der Waals surface area contributed by atoms with Crippen LogP contribution < -0.4 is 5.32 Å². The second-order valence-corrected chi connectivity index (χ2v) is 6.83. The van der Waals surface area contributed by atoms with Crippen LogP contribution in [0.1, 0.15) is 24.5 Å². The highest BCUT2D eigenvalue weighted by atomic mass is 16.1. The molecule has 1 N–H and O–H groups in total. The SMILES string of the molecule is BC(Cc1cccc(CC)c1)NC(=O)CCn1cc(-c2ccccc2)nn1. The number of aryl methyl sites for hydroxylation is 2. The summed E-state index contributed by atoms with van der Waals surface area (Å²) in [5.41, 5.74) is 4.42. The molecule has 0 aliphatic rings. The highest BCUT2D eigenvalue weighted by molar-refractivity contribution is 6.13. The van der Waals surface area contributed by atoms with Crippen molar-refractivity contribution in [1.82, 2.24) is 20.3 Å². The molecule has 2 aromatic carbocycles. The number of amides is 1. The number of nitrogens with zero attached hydrogens (tertiary/aromatic N) is 3. The van der Waals surface area contributed by atoms with Gasteiger partial charge < -0.3 is 5.32 Å². The number of hydrogen-bond donors (Lipinski definition) is 1. The largest absolute Gasteiger partial charge is 0.361 e. The number of rotatable bonds is 8. The molecule has 0 bridgehead atoms. The molecule has 0 saturated heterocycles. The topological polar surface area (TPSA) is 59.8 Å². The fourth-order valence-corrected chi connectivity index (χ4v) is 3.09. The molecular weight excluding hydrogens is 335 g/mol. The van der Waals surface area contributed by atoms with Crippen LogP contribution in [-0.4, -0.2) is 34.7 Å². The minimum atomic E-state index is 0.0332. The van der Waals surface area contributed by atoms with Gasteiger partial charge in [0.2, 0.25) is 5.91 Å². The lowest BCUT2D eigenvalue weighted by molar-refractivity contribution is -0.121. The summed E-state index contributed by atoms with van der Waals surface area (Å²) < 4.78 is 1.72. The second kappa shape index (κ2) is 9.17. The third-order valence-corrected chi connectivity index (χ3v) is 4.53. The van der Waals surface area contributed by atoms with E-state index in [1.165, 1.54) is 11.1 Å². The Bertz CT molecular complexity index is 879. The Morgan fingerprint density at radius 2 is 1.93 bits per heavy atom. The molecule has 1 aromatic heterocycles. The van der Waals surface area contributed by atoms with E-state index >= 15 is 0 Å². The summed E-state index contributed by atoms with van der Waals surface area (Å²) in [6.07, 6.45) is 4.12. The molecule has 5 nitrogen and oxygen atoms in total. The van der Waals surface area contributed by atoms with Gasteiger partial charge in [-0.25, -0.2) is 0 Å².